The molecule has 0 bridgehead atoms. The van der Waals surface area contributed by atoms with Crippen LogP contribution in [0, 0.1) is 0 Å². The molecule has 1 unspecified atom stereocenters. The molecule has 1 aromatic rings. The summed E-state index contributed by atoms with van der Waals surface area (Å²) in [6, 6.07) is 5.02. The molecular formula is C15H20F3N3O. The Balaban J connectivity index is 1.81. The molecule has 1 heterocycles. The minimum atomic E-state index is -4.42. The van der Waals surface area contributed by atoms with Gasteiger partial charge in [0.2, 0.25) is 0 Å². The Labute approximate surface area is 127 Å². The Hall–Kier alpha value is -1.76. The van der Waals surface area contributed by atoms with Gasteiger partial charge in [-0.1, -0.05) is 24.6 Å². The van der Waals surface area contributed by atoms with Gasteiger partial charge in [0.15, 0.2) is 0 Å². The van der Waals surface area contributed by atoms with Crippen LogP contribution >= 0.6 is 0 Å². The molecule has 1 atom stereocenters. The summed E-state index contributed by atoms with van der Waals surface area (Å²) in [4.78, 5) is 11.7. The largest absolute Gasteiger partial charge is 0.416 e. The SMILES string of the molecule is O=C(NCc1ccccc1C(F)(F)F)NCC1CCCCN1. The van der Waals surface area contributed by atoms with Crippen LogP contribution in [0.4, 0.5) is 18.0 Å². The van der Waals surface area contributed by atoms with Crippen LogP contribution in [0.3, 0.4) is 0 Å². The van der Waals surface area contributed by atoms with Crippen molar-refractivity contribution in [3.8, 4) is 0 Å². The third-order valence-electron chi connectivity index (χ3n) is 3.68. The Kier molecular flexibility index (Phi) is 5.65. The van der Waals surface area contributed by atoms with Crippen LogP contribution in [0.1, 0.15) is 30.4 Å². The Morgan fingerprint density at radius 1 is 1.23 bits per heavy atom. The first-order valence-electron chi connectivity index (χ1n) is 7.37. The number of urea groups is 1. The Bertz CT molecular complexity index is 499. The van der Waals surface area contributed by atoms with Gasteiger partial charge >= 0.3 is 12.2 Å². The van der Waals surface area contributed by atoms with E-state index in [1.165, 1.54) is 18.2 Å². The quantitative estimate of drug-likeness (QED) is 0.800. The zero-order chi connectivity index (χ0) is 16.0. The van der Waals surface area contributed by atoms with Crippen molar-refractivity contribution in [2.75, 3.05) is 13.1 Å². The minimum absolute atomic E-state index is 0.0564. The van der Waals surface area contributed by atoms with Crippen LogP contribution in [0.2, 0.25) is 0 Å². The third kappa shape index (κ3) is 4.91. The monoisotopic (exact) mass is 315 g/mol. The summed E-state index contributed by atoms with van der Waals surface area (Å²) in [5.41, 5.74) is -0.662. The molecule has 3 N–H and O–H groups in total. The van der Waals surface area contributed by atoms with E-state index in [1.807, 2.05) is 0 Å². The van der Waals surface area contributed by atoms with Crippen molar-refractivity contribution in [1.29, 1.82) is 0 Å². The van der Waals surface area contributed by atoms with E-state index in [-0.39, 0.29) is 18.2 Å². The highest BCUT2D eigenvalue weighted by Gasteiger charge is 2.32. The second-order valence-electron chi connectivity index (χ2n) is 5.37. The summed E-state index contributed by atoms with van der Waals surface area (Å²) in [5, 5.41) is 8.45. The molecule has 0 spiro atoms. The topological polar surface area (TPSA) is 53.2 Å². The van der Waals surface area contributed by atoms with Gasteiger partial charge in [-0.05, 0) is 31.0 Å². The van der Waals surface area contributed by atoms with Crippen LogP contribution in [0.5, 0.6) is 0 Å². The van der Waals surface area contributed by atoms with E-state index < -0.39 is 17.8 Å². The van der Waals surface area contributed by atoms with Crippen molar-refractivity contribution in [3.63, 3.8) is 0 Å². The zero-order valence-electron chi connectivity index (χ0n) is 12.2. The average molecular weight is 315 g/mol. The second kappa shape index (κ2) is 7.49. The molecule has 4 nitrogen and oxygen atoms in total. The van der Waals surface area contributed by atoms with E-state index >= 15 is 0 Å². The maximum atomic E-state index is 12.8. The molecule has 2 amide bonds. The highest BCUT2D eigenvalue weighted by Crippen LogP contribution is 2.31. The predicted octanol–water partition coefficient (Wildman–Crippen LogP) is 2.65. The fourth-order valence-electron chi connectivity index (χ4n) is 2.50. The van der Waals surface area contributed by atoms with Gasteiger partial charge in [-0.25, -0.2) is 4.79 Å². The summed E-state index contributed by atoms with van der Waals surface area (Å²) in [6.45, 7) is 1.26. The Morgan fingerprint density at radius 3 is 2.68 bits per heavy atom. The van der Waals surface area contributed by atoms with Gasteiger partial charge in [0.05, 0.1) is 5.56 Å². The minimum Gasteiger partial charge on any atom is -0.337 e. The maximum absolute atomic E-state index is 12.8. The molecular weight excluding hydrogens is 295 g/mol. The fraction of sp³-hybridized carbons (Fsp3) is 0.533. The van der Waals surface area contributed by atoms with Gasteiger partial charge in [-0.3, -0.25) is 0 Å². The summed E-state index contributed by atoms with van der Waals surface area (Å²) >= 11 is 0. The van der Waals surface area contributed by atoms with Gasteiger partial charge in [-0.2, -0.15) is 13.2 Å². The average Bonchev–Trinajstić information content (AvgIpc) is 2.51. The summed E-state index contributed by atoms with van der Waals surface area (Å²) in [7, 11) is 0. The number of rotatable bonds is 4. The number of carbonyl (C=O) groups excluding carboxylic acids is 1. The van der Waals surface area contributed by atoms with Gasteiger partial charge in [-0.15, -0.1) is 0 Å². The molecule has 0 saturated carbocycles. The lowest BCUT2D eigenvalue weighted by atomic mass is 10.1. The number of piperidine rings is 1. The first kappa shape index (κ1) is 16.6. The molecule has 1 aliphatic heterocycles. The zero-order valence-corrected chi connectivity index (χ0v) is 12.2. The lowest BCUT2D eigenvalue weighted by Gasteiger charge is -2.23. The highest BCUT2D eigenvalue weighted by molar-refractivity contribution is 5.73. The number of nitrogens with one attached hydrogen (secondary N) is 3. The van der Waals surface area contributed by atoms with Crippen LogP contribution in [0.15, 0.2) is 24.3 Å². The molecule has 0 aromatic heterocycles. The normalized spacial score (nSPS) is 18.8. The smallest absolute Gasteiger partial charge is 0.337 e. The first-order chi connectivity index (χ1) is 10.5. The summed E-state index contributed by atoms with van der Waals surface area (Å²) in [5.74, 6) is 0. The number of halogens is 3. The van der Waals surface area contributed by atoms with E-state index in [1.54, 1.807) is 0 Å². The highest BCUT2D eigenvalue weighted by atomic mass is 19.4. The molecule has 2 rings (SSSR count). The number of hydrogen-bond donors (Lipinski definition) is 3. The second-order valence-corrected chi connectivity index (χ2v) is 5.37. The fourth-order valence-corrected chi connectivity index (χ4v) is 2.50. The number of amides is 2. The summed E-state index contributed by atoms with van der Waals surface area (Å²) in [6.07, 6.45) is -1.16. The van der Waals surface area contributed by atoms with Crippen molar-refractivity contribution < 1.29 is 18.0 Å². The van der Waals surface area contributed by atoms with Crippen molar-refractivity contribution in [2.45, 2.75) is 38.0 Å². The molecule has 1 aliphatic rings. The van der Waals surface area contributed by atoms with E-state index in [2.05, 4.69) is 16.0 Å². The Morgan fingerprint density at radius 2 is 2.00 bits per heavy atom. The van der Waals surface area contributed by atoms with Gasteiger partial charge in [0.1, 0.15) is 0 Å². The van der Waals surface area contributed by atoms with Crippen molar-refractivity contribution in [3.05, 3.63) is 35.4 Å². The van der Waals surface area contributed by atoms with Gasteiger partial charge in [0, 0.05) is 19.1 Å². The molecule has 7 heteroatoms. The lowest BCUT2D eigenvalue weighted by Crippen LogP contribution is -2.46. The lowest BCUT2D eigenvalue weighted by molar-refractivity contribution is -0.138. The first-order valence-corrected chi connectivity index (χ1v) is 7.37. The van der Waals surface area contributed by atoms with E-state index in [4.69, 9.17) is 0 Å². The molecule has 22 heavy (non-hydrogen) atoms. The molecule has 0 aliphatic carbocycles. The number of benzene rings is 1. The van der Waals surface area contributed by atoms with Crippen molar-refractivity contribution in [2.24, 2.45) is 0 Å². The third-order valence-corrected chi connectivity index (χ3v) is 3.68. The number of carbonyl (C=O) groups is 1. The van der Waals surface area contributed by atoms with Crippen LogP contribution in [-0.2, 0) is 12.7 Å². The van der Waals surface area contributed by atoms with Crippen LogP contribution in [0.25, 0.3) is 0 Å². The summed E-state index contributed by atoms with van der Waals surface area (Å²) < 4.78 is 38.5. The van der Waals surface area contributed by atoms with E-state index in [9.17, 15) is 18.0 Å². The number of hydrogen-bond acceptors (Lipinski definition) is 2. The standard InChI is InChI=1S/C15H20F3N3O/c16-15(17,18)13-7-2-1-5-11(13)9-20-14(22)21-10-12-6-3-4-8-19-12/h1-2,5,7,12,19H,3-4,6,8-10H2,(H2,20,21,22). The molecule has 1 aromatic carbocycles. The molecule has 122 valence electrons. The van der Waals surface area contributed by atoms with E-state index in [0.717, 1.165) is 31.9 Å². The molecule has 1 saturated heterocycles. The van der Waals surface area contributed by atoms with Gasteiger partial charge < -0.3 is 16.0 Å². The van der Waals surface area contributed by atoms with Crippen LogP contribution < -0.4 is 16.0 Å². The maximum Gasteiger partial charge on any atom is 0.416 e. The van der Waals surface area contributed by atoms with E-state index in [0.29, 0.717) is 6.54 Å². The molecule has 1 fully saturated rings. The van der Waals surface area contributed by atoms with Crippen LogP contribution in [-0.4, -0.2) is 25.2 Å². The van der Waals surface area contributed by atoms with Crippen molar-refractivity contribution in [1.82, 2.24) is 16.0 Å². The number of alkyl halides is 3. The predicted molar refractivity (Wildman–Crippen MR) is 77.3 cm³/mol. The van der Waals surface area contributed by atoms with Crippen molar-refractivity contribution >= 4 is 6.03 Å². The molecule has 0 radical (unpaired) electrons. The van der Waals surface area contributed by atoms with Gasteiger partial charge in [0.25, 0.3) is 0 Å².